The van der Waals surface area contributed by atoms with Crippen molar-refractivity contribution in [3.8, 4) is 0 Å². The van der Waals surface area contributed by atoms with Crippen LogP contribution in [-0.4, -0.2) is 34.2 Å². The third-order valence-corrected chi connectivity index (χ3v) is 2.22. The molecule has 1 aromatic carbocycles. The van der Waals surface area contributed by atoms with Gasteiger partial charge in [-0.1, -0.05) is 0 Å². The Labute approximate surface area is 101 Å². The van der Waals surface area contributed by atoms with Crippen molar-refractivity contribution in [3.05, 3.63) is 35.4 Å². The fourth-order valence-electron chi connectivity index (χ4n) is 1.25. The predicted octanol–water partition coefficient (Wildman–Crippen LogP) is 0.529. The second kappa shape index (κ2) is 5.54. The van der Waals surface area contributed by atoms with E-state index < -0.39 is 35.7 Å². The van der Waals surface area contributed by atoms with E-state index in [4.69, 9.17) is 10.2 Å². The molecule has 0 spiro atoms. The fourth-order valence-corrected chi connectivity index (χ4v) is 1.25. The standard InChI is InChI=1S/C11H11F2NO4/c1-5(15)9(11(17)18)14-10(16)6-2-3-7(12)8(13)4-6/h2-5,9,15H,1H3,(H,14,16)(H,17,18). The quantitative estimate of drug-likeness (QED) is 0.736. The molecule has 0 fully saturated rings. The zero-order valence-electron chi connectivity index (χ0n) is 9.35. The summed E-state index contributed by atoms with van der Waals surface area (Å²) >= 11 is 0. The number of carboxylic acids is 1. The summed E-state index contributed by atoms with van der Waals surface area (Å²) in [5, 5.41) is 19.9. The number of carboxylic acid groups (broad SMARTS) is 1. The highest BCUT2D eigenvalue weighted by Crippen LogP contribution is 2.09. The topological polar surface area (TPSA) is 86.6 Å². The largest absolute Gasteiger partial charge is 0.480 e. The Morgan fingerprint density at radius 2 is 1.89 bits per heavy atom. The first-order valence-corrected chi connectivity index (χ1v) is 4.99. The van der Waals surface area contributed by atoms with Crippen molar-refractivity contribution in [2.45, 2.75) is 19.1 Å². The summed E-state index contributed by atoms with van der Waals surface area (Å²) in [6, 6.07) is 0.883. The summed E-state index contributed by atoms with van der Waals surface area (Å²) in [6.45, 7) is 1.18. The summed E-state index contributed by atoms with van der Waals surface area (Å²) in [6.07, 6.45) is -1.32. The van der Waals surface area contributed by atoms with Crippen LogP contribution in [-0.2, 0) is 4.79 Å². The van der Waals surface area contributed by atoms with E-state index in [2.05, 4.69) is 0 Å². The van der Waals surface area contributed by atoms with Crippen molar-refractivity contribution in [1.82, 2.24) is 5.32 Å². The van der Waals surface area contributed by atoms with Gasteiger partial charge >= 0.3 is 5.97 Å². The van der Waals surface area contributed by atoms with Crippen LogP contribution in [0.3, 0.4) is 0 Å². The minimum atomic E-state index is -1.52. The first-order valence-electron chi connectivity index (χ1n) is 4.99. The van der Waals surface area contributed by atoms with E-state index in [-0.39, 0.29) is 5.56 Å². The van der Waals surface area contributed by atoms with Crippen molar-refractivity contribution in [3.63, 3.8) is 0 Å². The van der Waals surface area contributed by atoms with Crippen LogP contribution < -0.4 is 5.32 Å². The van der Waals surface area contributed by atoms with Gasteiger partial charge in [-0.15, -0.1) is 0 Å². The zero-order valence-corrected chi connectivity index (χ0v) is 9.35. The van der Waals surface area contributed by atoms with Gasteiger partial charge < -0.3 is 15.5 Å². The highest BCUT2D eigenvalue weighted by Gasteiger charge is 2.25. The second-order valence-corrected chi connectivity index (χ2v) is 3.66. The molecule has 2 unspecified atom stereocenters. The molecule has 7 heteroatoms. The monoisotopic (exact) mass is 259 g/mol. The van der Waals surface area contributed by atoms with Crippen LogP contribution >= 0.6 is 0 Å². The van der Waals surface area contributed by atoms with Crippen LogP contribution in [0.25, 0.3) is 0 Å². The van der Waals surface area contributed by atoms with Gasteiger partial charge in [0.1, 0.15) is 0 Å². The normalized spacial score (nSPS) is 13.8. The molecule has 2 atom stereocenters. The number of rotatable bonds is 4. The SMILES string of the molecule is CC(O)C(NC(=O)c1ccc(F)c(F)c1)C(=O)O. The minimum Gasteiger partial charge on any atom is -0.480 e. The number of aliphatic carboxylic acids is 1. The Kier molecular flexibility index (Phi) is 4.33. The molecule has 0 aliphatic heterocycles. The number of benzene rings is 1. The van der Waals surface area contributed by atoms with Crippen LogP contribution in [0.15, 0.2) is 18.2 Å². The molecule has 0 radical (unpaired) electrons. The van der Waals surface area contributed by atoms with Gasteiger partial charge in [0.25, 0.3) is 5.91 Å². The summed E-state index contributed by atoms with van der Waals surface area (Å²) in [5.74, 6) is -4.67. The van der Waals surface area contributed by atoms with Gasteiger partial charge in [0.2, 0.25) is 0 Å². The van der Waals surface area contributed by atoms with E-state index in [1.807, 2.05) is 5.32 Å². The van der Waals surface area contributed by atoms with Gasteiger partial charge in [-0.05, 0) is 25.1 Å². The Bertz CT molecular complexity index is 476. The van der Waals surface area contributed by atoms with Gasteiger partial charge in [0.15, 0.2) is 17.7 Å². The molecule has 1 aromatic rings. The van der Waals surface area contributed by atoms with Gasteiger partial charge in [-0.25, -0.2) is 13.6 Å². The molecular weight excluding hydrogens is 248 g/mol. The lowest BCUT2D eigenvalue weighted by Gasteiger charge is -2.16. The number of aliphatic hydroxyl groups is 1. The fraction of sp³-hybridized carbons (Fsp3) is 0.273. The number of halogens is 2. The molecule has 5 nitrogen and oxygen atoms in total. The number of hydrogen-bond donors (Lipinski definition) is 3. The summed E-state index contributed by atoms with van der Waals surface area (Å²) < 4.78 is 25.5. The smallest absolute Gasteiger partial charge is 0.328 e. The van der Waals surface area contributed by atoms with E-state index in [1.54, 1.807) is 0 Å². The molecule has 0 heterocycles. The van der Waals surface area contributed by atoms with E-state index in [1.165, 1.54) is 6.92 Å². The maximum Gasteiger partial charge on any atom is 0.328 e. The van der Waals surface area contributed by atoms with Crippen molar-refractivity contribution in [2.24, 2.45) is 0 Å². The van der Waals surface area contributed by atoms with Crippen LogP contribution in [0.5, 0.6) is 0 Å². The van der Waals surface area contributed by atoms with Crippen LogP contribution in [0, 0.1) is 11.6 Å². The van der Waals surface area contributed by atoms with Crippen LogP contribution in [0.2, 0.25) is 0 Å². The van der Waals surface area contributed by atoms with E-state index in [0.29, 0.717) is 6.07 Å². The third-order valence-electron chi connectivity index (χ3n) is 2.22. The average molecular weight is 259 g/mol. The van der Waals surface area contributed by atoms with Crippen LogP contribution in [0.4, 0.5) is 8.78 Å². The second-order valence-electron chi connectivity index (χ2n) is 3.66. The lowest BCUT2D eigenvalue weighted by Crippen LogP contribution is -2.47. The molecule has 0 aliphatic carbocycles. The molecule has 0 saturated carbocycles. The highest BCUT2D eigenvalue weighted by atomic mass is 19.2. The minimum absolute atomic E-state index is 0.235. The molecule has 0 saturated heterocycles. The zero-order chi connectivity index (χ0) is 13.9. The number of amides is 1. The number of nitrogens with one attached hydrogen (secondary N) is 1. The number of aliphatic hydroxyl groups excluding tert-OH is 1. The van der Waals surface area contributed by atoms with Gasteiger partial charge in [-0.3, -0.25) is 4.79 Å². The van der Waals surface area contributed by atoms with Crippen molar-refractivity contribution >= 4 is 11.9 Å². The van der Waals surface area contributed by atoms with Crippen molar-refractivity contribution in [1.29, 1.82) is 0 Å². The van der Waals surface area contributed by atoms with Crippen molar-refractivity contribution in [2.75, 3.05) is 0 Å². The Morgan fingerprint density at radius 3 is 2.33 bits per heavy atom. The van der Waals surface area contributed by atoms with Crippen LogP contribution in [0.1, 0.15) is 17.3 Å². The Morgan fingerprint density at radius 1 is 1.28 bits per heavy atom. The lowest BCUT2D eigenvalue weighted by molar-refractivity contribution is -0.141. The molecule has 1 amide bonds. The van der Waals surface area contributed by atoms with Gasteiger partial charge in [0.05, 0.1) is 6.10 Å². The van der Waals surface area contributed by atoms with Gasteiger partial charge in [-0.2, -0.15) is 0 Å². The lowest BCUT2D eigenvalue weighted by atomic mass is 10.1. The maximum atomic E-state index is 12.9. The maximum absolute atomic E-state index is 12.9. The Balaban J connectivity index is 2.87. The number of carbonyl (C=O) groups is 2. The molecule has 98 valence electrons. The predicted molar refractivity (Wildman–Crippen MR) is 56.9 cm³/mol. The molecule has 18 heavy (non-hydrogen) atoms. The van der Waals surface area contributed by atoms with E-state index in [0.717, 1.165) is 12.1 Å². The molecular formula is C11H11F2NO4. The molecule has 1 rings (SSSR count). The average Bonchev–Trinajstić information content (AvgIpc) is 2.28. The Hall–Kier alpha value is -2.02. The highest BCUT2D eigenvalue weighted by molar-refractivity contribution is 5.96. The van der Waals surface area contributed by atoms with Gasteiger partial charge in [0, 0.05) is 5.56 Å². The molecule has 3 N–H and O–H groups in total. The van der Waals surface area contributed by atoms with E-state index in [9.17, 15) is 18.4 Å². The summed E-state index contributed by atoms with van der Waals surface area (Å²) in [7, 11) is 0. The molecule has 0 bridgehead atoms. The molecule has 0 aromatic heterocycles. The molecule has 0 aliphatic rings. The number of hydrogen-bond acceptors (Lipinski definition) is 3. The third kappa shape index (κ3) is 3.24. The number of carbonyl (C=O) groups excluding carboxylic acids is 1. The summed E-state index contributed by atoms with van der Waals surface area (Å²) in [4.78, 5) is 22.3. The first kappa shape index (κ1) is 14.0. The van der Waals surface area contributed by atoms with Crippen molar-refractivity contribution < 1.29 is 28.6 Å². The first-order chi connectivity index (χ1) is 8.32. The summed E-state index contributed by atoms with van der Waals surface area (Å²) in [5.41, 5.74) is -0.235. The van der Waals surface area contributed by atoms with E-state index >= 15 is 0 Å².